The lowest BCUT2D eigenvalue weighted by Crippen LogP contribution is -2.28. The number of carbonyl (C=O) groups is 1. The molecule has 1 atom stereocenters. The summed E-state index contributed by atoms with van der Waals surface area (Å²) in [7, 11) is 0. The summed E-state index contributed by atoms with van der Waals surface area (Å²) in [6, 6.07) is 2.11. The zero-order chi connectivity index (χ0) is 14.7. The molecule has 1 aromatic carbocycles. The molecule has 0 spiro atoms. The fourth-order valence-electron chi connectivity index (χ4n) is 2.38. The number of nitrogens with one attached hydrogen (secondary N) is 1. The lowest BCUT2D eigenvalue weighted by molar-refractivity contribution is -0.118. The van der Waals surface area contributed by atoms with Gasteiger partial charge in [-0.2, -0.15) is 0 Å². The number of benzene rings is 1. The number of rotatable bonds is 5. The average molecular weight is 284 g/mol. The highest BCUT2D eigenvalue weighted by Gasteiger charge is 2.31. The van der Waals surface area contributed by atoms with Crippen molar-refractivity contribution in [2.45, 2.75) is 32.4 Å². The lowest BCUT2D eigenvalue weighted by Gasteiger charge is -2.23. The van der Waals surface area contributed by atoms with E-state index in [0.717, 1.165) is 31.4 Å². The highest BCUT2D eigenvalue weighted by Crippen LogP contribution is 2.28. The number of hydrogen-bond acceptors (Lipinski definition) is 3. The lowest BCUT2D eigenvalue weighted by atomic mass is 10.1. The summed E-state index contributed by atoms with van der Waals surface area (Å²) in [6.07, 6.45) is 2.48. The summed E-state index contributed by atoms with van der Waals surface area (Å²) in [6.45, 7) is 2.98. The molecule has 1 aliphatic rings. The number of halogens is 2. The zero-order valence-electron chi connectivity index (χ0n) is 11.3. The summed E-state index contributed by atoms with van der Waals surface area (Å²) in [5, 5.41) is 11.8. The number of amides is 1. The average Bonchev–Trinajstić information content (AvgIpc) is 2.77. The van der Waals surface area contributed by atoms with E-state index in [-0.39, 0.29) is 12.5 Å². The molecule has 2 N–H and O–H groups in total. The van der Waals surface area contributed by atoms with Crippen LogP contribution in [0.5, 0.6) is 5.75 Å². The van der Waals surface area contributed by atoms with Crippen LogP contribution in [0.3, 0.4) is 0 Å². The molecule has 2 rings (SSSR count). The Morgan fingerprint density at radius 2 is 2.00 bits per heavy atom. The molecule has 110 valence electrons. The van der Waals surface area contributed by atoms with Gasteiger partial charge in [0.1, 0.15) is 6.17 Å². The van der Waals surface area contributed by atoms with Gasteiger partial charge in [-0.05, 0) is 24.1 Å². The monoisotopic (exact) mass is 284 g/mol. The first kappa shape index (κ1) is 14.7. The van der Waals surface area contributed by atoms with Crippen molar-refractivity contribution in [1.29, 1.82) is 0 Å². The minimum atomic E-state index is -1.02. The molecule has 1 aromatic rings. The maximum atomic E-state index is 13.4. The highest BCUT2D eigenvalue weighted by molar-refractivity contribution is 5.80. The van der Waals surface area contributed by atoms with Crippen molar-refractivity contribution < 1.29 is 18.7 Å². The Kier molecular flexibility index (Phi) is 4.54. The van der Waals surface area contributed by atoms with Gasteiger partial charge in [0.15, 0.2) is 17.4 Å². The molecular formula is C14H18F2N2O2. The summed E-state index contributed by atoms with van der Waals surface area (Å²) in [4.78, 5) is 13.4. The third kappa shape index (κ3) is 3.07. The normalized spacial score (nSPS) is 19.4. The van der Waals surface area contributed by atoms with Crippen LogP contribution in [0.1, 0.15) is 37.9 Å². The minimum absolute atomic E-state index is 0.166. The quantitative estimate of drug-likeness (QED) is 0.816. The Morgan fingerprint density at radius 3 is 2.60 bits per heavy atom. The Balaban J connectivity index is 2.18. The van der Waals surface area contributed by atoms with Crippen LogP contribution in [0.15, 0.2) is 12.1 Å². The molecule has 1 heterocycles. The van der Waals surface area contributed by atoms with Crippen LogP contribution in [0.4, 0.5) is 8.78 Å². The number of hydrogen-bond donors (Lipinski definition) is 2. The van der Waals surface area contributed by atoms with E-state index in [4.69, 9.17) is 5.11 Å². The second-order valence-corrected chi connectivity index (χ2v) is 4.98. The predicted octanol–water partition coefficient (Wildman–Crippen LogP) is 2.29. The molecule has 1 amide bonds. The highest BCUT2D eigenvalue weighted by atomic mass is 19.1. The maximum absolute atomic E-state index is 13.4. The van der Waals surface area contributed by atoms with E-state index < -0.39 is 23.5 Å². The van der Waals surface area contributed by atoms with Crippen LogP contribution in [-0.4, -0.2) is 29.0 Å². The minimum Gasteiger partial charge on any atom is -0.503 e. The Labute approximate surface area is 116 Å². The summed E-state index contributed by atoms with van der Waals surface area (Å²) >= 11 is 0. The van der Waals surface area contributed by atoms with Gasteiger partial charge in [0.25, 0.3) is 0 Å². The summed E-state index contributed by atoms with van der Waals surface area (Å²) in [5.74, 6) is -3.19. The third-order valence-electron chi connectivity index (χ3n) is 3.41. The van der Waals surface area contributed by atoms with Crippen molar-refractivity contribution in [3.8, 4) is 5.75 Å². The van der Waals surface area contributed by atoms with E-state index in [1.54, 1.807) is 0 Å². The van der Waals surface area contributed by atoms with E-state index in [2.05, 4.69) is 12.2 Å². The van der Waals surface area contributed by atoms with Gasteiger partial charge in [-0.15, -0.1) is 0 Å². The third-order valence-corrected chi connectivity index (χ3v) is 3.41. The zero-order valence-corrected chi connectivity index (χ0v) is 11.3. The van der Waals surface area contributed by atoms with Crippen LogP contribution < -0.4 is 5.32 Å². The SMILES string of the molecule is CCCCCN1CC(=O)NC1c1cc(F)c(O)c(F)c1. The van der Waals surface area contributed by atoms with Gasteiger partial charge < -0.3 is 10.4 Å². The molecule has 0 aromatic heterocycles. The Bertz CT molecular complexity index is 485. The fourth-order valence-corrected chi connectivity index (χ4v) is 2.38. The molecule has 0 aliphatic carbocycles. The van der Waals surface area contributed by atoms with Crippen LogP contribution in [0.25, 0.3) is 0 Å². The number of nitrogens with zero attached hydrogens (tertiary/aromatic N) is 1. The van der Waals surface area contributed by atoms with Crippen molar-refractivity contribution in [3.05, 3.63) is 29.3 Å². The van der Waals surface area contributed by atoms with Crippen LogP contribution >= 0.6 is 0 Å². The maximum Gasteiger partial charge on any atom is 0.235 e. The molecule has 0 radical (unpaired) electrons. The van der Waals surface area contributed by atoms with E-state index in [9.17, 15) is 13.6 Å². The van der Waals surface area contributed by atoms with E-state index in [1.165, 1.54) is 0 Å². The number of unbranched alkanes of at least 4 members (excludes halogenated alkanes) is 2. The number of phenols is 1. The van der Waals surface area contributed by atoms with Crippen molar-refractivity contribution in [2.24, 2.45) is 0 Å². The molecular weight excluding hydrogens is 266 g/mol. The Morgan fingerprint density at radius 1 is 1.35 bits per heavy atom. The van der Waals surface area contributed by atoms with Crippen molar-refractivity contribution in [2.75, 3.05) is 13.1 Å². The van der Waals surface area contributed by atoms with Gasteiger partial charge in [0.05, 0.1) is 6.54 Å². The molecule has 1 saturated heterocycles. The standard InChI is InChI=1S/C14H18F2N2O2/c1-2-3-4-5-18-8-12(19)17-14(18)9-6-10(15)13(20)11(16)7-9/h6-7,14,20H,2-5,8H2,1H3,(H,17,19). The fraction of sp³-hybridized carbons (Fsp3) is 0.500. The van der Waals surface area contributed by atoms with E-state index in [0.29, 0.717) is 12.1 Å². The van der Waals surface area contributed by atoms with Crippen molar-refractivity contribution in [3.63, 3.8) is 0 Å². The second-order valence-electron chi connectivity index (χ2n) is 4.98. The molecule has 1 fully saturated rings. The summed E-state index contributed by atoms with van der Waals surface area (Å²) < 4.78 is 26.8. The Hall–Kier alpha value is -1.69. The topological polar surface area (TPSA) is 52.6 Å². The molecule has 6 heteroatoms. The predicted molar refractivity (Wildman–Crippen MR) is 70.0 cm³/mol. The van der Waals surface area contributed by atoms with Crippen LogP contribution in [0.2, 0.25) is 0 Å². The molecule has 4 nitrogen and oxygen atoms in total. The molecule has 1 aliphatic heterocycles. The smallest absolute Gasteiger partial charge is 0.235 e. The first-order valence-corrected chi connectivity index (χ1v) is 6.74. The van der Waals surface area contributed by atoms with Crippen LogP contribution in [0, 0.1) is 11.6 Å². The van der Waals surface area contributed by atoms with Gasteiger partial charge in [-0.1, -0.05) is 19.8 Å². The van der Waals surface area contributed by atoms with Gasteiger partial charge in [0, 0.05) is 6.54 Å². The van der Waals surface area contributed by atoms with Crippen LogP contribution in [-0.2, 0) is 4.79 Å². The van der Waals surface area contributed by atoms with Crippen molar-refractivity contribution >= 4 is 5.91 Å². The van der Waals surface area contributed by atoms with Crippen molar-refractivity contribution in [1.82, 2.24) is 10.2 Å². The largest absolute Gasteiger partial charge is 0.503 e. The number of carbonyl (C=O) groups excluding carboxylic acids is 1. The van der Waals surface area contributed by atoms with E-state index in [1.807, 2.05) is 4.90 Å². The van der Waals surface area contributed by atoms with Gasteiger partial charge in [-0.3, -0.25) is 9.69 Å². The number of phenolic OH excluding ortho intramolecular Hbond substituents is 1. The second kappa shape index (κ2) is 6.17. The molecule has 0 bridgehead atoms. The molecule has 1 unspecified atom stereocenters. The first-order chi connectivity index (χ1) is 9.52. The summed E-state index contributed by atoms with van der Waals surface area (Å²) in [5.41, 5.74) is 0.306. The number of aromatic hydroxyl groups is 1. The van der Waals surface area contributed by atoms with E-state index >= 15 is 0 Å². The molecule has 20 heavy (non-hydrogen) atoms. The first-order valence-electron chi connectivity index (χ1n) is 6.74. The van der Waals surface area contributed by atoms with Gasteiger partial charge >= 0.3 is 0 Å². The van der Waals surface area contributed by atoms with Gasteiger partial charge in [0.2, 0.25) is 5.91 Å². The van der Waals surface area contributed by atoms with Gasteiger partial charge in [-0.25, -0.2) is 8.78 Å². The molecule has 0 saturated carbocycles.